The van der Waals surface area contributed by atoms with Gasteiger partial charge in [-0.25, -0.2) is 0 Å². The minimum Gasteiger partial charge on any atom is -0.450 e. The van der Waals surface area contributed by atoms with E-state index >= 15 is 0 Å². The van der Waals surface area contributed by atoms with Crippen molar-refractivity contribution >= 4 is 29.3 Å². The molecular formula is C17H23ClN2O2. The Morgan fingerprint density at radius 2 is 2.14 bits per heavy atom. The Kier molecular flexibility index (Phi) is 4.54. The number of para-hydroxylation sites is 1. The molecule has 1 aliphatic heterocycles. The molecule has 1 amide bonds. The summed E-state index contributed by atoms with van der Waals surface area (Å²) in [5.41, 5.74) is 8.66. The maximum absolute atomic E-state index is 12.7. The zero-order valence-corrected chi connectivity index (χ0v) is 14.1. The number of fused-ring (bicyclic) bond motifs is 1. The Labute approximate surface area is 137 Å². The molecule has 1 aromatic heterocycles. The molecule has 0 spiro atoms. The Morgan fingerprint density at radius 3 is 2.73 bits per heavy atom. The number of benzene rings is 1. The molecule has 120 valence electrons. The first-order chi connectivity index (χ1) is 9.95. The first kappa shape index (κ1) is 16.8. The fraction of sp³-hybridized carbons (Fsp3) is 0.471. The number of likely N-dealkylation sites (tertiary alicyclic amines) is 1. The number of rotatable bonds is 2. The van der Waals surface area contributed by atoms with Gasteiger partial charge in [0.05, 0.1) is 0 Å². The van der Waals surface area contributed by atoms with E-state index in [1.807, 2.05) is 36.9 Å². The topological polar surface area (TPSA) is 59.5 Å². The van der Waals surface area contributed by atoms with Gasteiger partial charge in [-0.15, -0.1) is 12.4 Å². The van der Waals surface area contributed by atoms with Crippen LogP contribution in [0.25, 0.3) is 11.0 Å². The van der Waals surface area contributed by atoms with Crippen LogP contribution in [0.1, 0.15) is 35.0 Å². The van der Waals surface area contributed by atoms with E-state index in [1.165, 1.54) is 0 Å². The van der Waals surface area contributed by atoms with E-state index in [2.05, 4.69) is 6.92 Å². The van der Waals surface area contributed by atoms with E-state index in [9.17, 15) is 4.79 Å². The van der Waals surface area contributed by atoms with Crippen LogP contribution in [-0.4, -0.2) is 30.4 Å². The second-order valence-corrected chi connectivity index (χ2v) is 6.50. The molecule has 0 aliphatic carbocycles. The number of carbonyl (C=O) groups excluding carboxylic acids is 1. The molecule has 5 heteroatoms. The van der Waals surface area contributed by atoms with Gasteiger partial charge in [-0.2, -0.15) is 0 Å². The molecule has 2 heterocycles. The fourth-order valence-electron chi connectivity index (χ4n) is 3.10. The van der Waals surface area contributed by atoms with Crippen molar-refractivity contribution in [2.24, 2.45) is 11.1 Å². The van der Waals surface area contributed by atoms with E-state index < -0.39 is 0 Å². The summed E-state index contributed by atoms with van der Waals surface area (Å²) >= 11 is 0. The number of halogens is 1. The molecule has 0 saturated carbocycles. The van der Waals surface area contributed by atoms with Crippen LogP contribution in [-0.2, 0) is 0 Å². The van der Waals surface area contributed by atoms with Gasteiger partial charge >= 0.3 is 0 Å². The van der Waals surface area contributed by atoms with Gasteiger partial charge in [0.1, 0.15) is 5.58 Å². The number of aryl methyl sites for hydroxylation is 2. The van der Waals surface area contributed by atoms with Crippen LogP contribution in [0.4, 0.5) is 0 Å². The molecule has 0 bridgehead atoms. The van der Waals surface area contributed by atoms with Crippen LogP contribution in [0.15, 0.2) is 22.6 Å². The first-order valence-corrected chi connectivity index (χ1v) is 7.43. The Hall–Kier alpha value is -1.52. The van der Waals surface area contributed by atoms with Crippen molar-refractivity contribution in [2.75, 3.05) is 19.6 Å². The smallest absolute Gasteiger partial charge is 0.289 e. The molecule has 1 aromatic carbocycles. The van der Waals surface area contributed by atoms with E-state index in [1.54, 1.807) is 0 Å². The van der Waals surface area contributed by atoms with Gasteiger partial charge in [-0.1, -0.05) is 25.1 Å². The number of furan rings is 1. The molecule has 1 unspecified atom stereocenters. The van der Waals surface area contributed by atoms with Gasteiger partial charge in [0.25, 0.3) is 5.91 Å². The third-order valence-electron chi connectivity index (χ3n) is 4.69. The minimum atomic E-state index is -0.0136. The van der Waals surface area contributed by atoms with Crippen molar-refractivity contribution in [3.63, 3.8) is 0 Å². The molecule has 3 rings (SSSR count). The summed E-state index contributed by atoms with van der Waals surface area (Å²) in [6.45, 7) is 8.16. The van der Waals surface area contributed by atoms with Crippen LogP contribution < -0.4 is 5.73 Å². The lowest BCUT2D eigenvalue weighted by Gasteiger charge is -2.22. The maximum Gasteiger partial charge on any atom is 0.289 e. The number of carbonyl (C=O) groups is 1. The summed E-state index contributed by atoms with van der Waals surface area (Å²) in [4.78, 5) is 14.6. The van der Waals surface area contributed by atoms with Crippen LogP contribution in [0.3, 0.4) is 0 Å². The summed E-state index contributed by atoms with van der Waals surface area (Å²) in [5.74, 6) is 0.459. The number of nitrogens with zero attached hydrogens (tertiary/aromatic N) is 1. The summed E-state index contributed by atoms with van der Waals surface area (Å²) in [6.07, 6.45) is 0.952. The first-order valence-electron chi connectivity index (χ1n) is 7.43. The molecule has 2 N–H and O–H groups in total. The summed E-state index contributed by atoms with van der Waals surface area (Å²) in [6, 6.07) is 6.00. The molecule has 4 nitrogen and oxygen atoms in total. The average Bonchev–Trinajstić information content (AvgIpc) is 3.02. The van der Waals surface area contributed by atoms with Crippen molar-refractivity contribution < 1.29 is 9.21 Å². The molecular weight excluding hydrogens is 300 g/mol. The predicted octanol–water partition coefficient (Wildman–Crippen LogP) is 3.28. The highest BCUT2D eigenvalue weighted by Crippen LogP contribution is 2.32. The number of nitrogens with two attached hydrogens (primary N) is 1. The van der Waals surface area contributed by atoms with Gasteiger partial charge in [-0.3, -0.25) is 4.79 Å². The zero-order valence-electron chi connectivity index (χ0n) is 13.3. The average molecular weight is 323 g/mol. The summed E-state index contributed by atoms with van der Waals surface area (Å²) < 4.78 is 5.88. The Balaban J connectivity index is 0.00000176. The lowest BCUT2D eigenvalue weighted by Crippen LogP contribution is -2.34. The predicted molar refractivity (Wildman–Crippen MR) is 90.6 cm³/mol. The van der Waals surface area contributed by atoms with E-state index in [0.29, 0.717) is 18.8 Å². The lowest BCUT2D eigenvalue weighted by molar-refractivity contribution is 0.0746. The molecule has 1 saturated heterocycles. The molecule has 22 heavy (non-hydrogen) atoms. The highest BCUT2D eigenvalue weighted by molar-refractivity contribution is 5.99. The monoisotopic (exact) mass is 322 g/mol. The third-order valence-corrected chi connectivity index (χ3v) is 4.69. The van der Waals surface area contributed by atoms with Gasteiger partial charge in [-0.05, 0) is 37.8 Å². The van der Waals surface area contributed by atoms with Crippen molar-refractivity contribution in [1.29, 1.82) is 0 Å². The summed E-state index contributed by atoms with van der Waals surface area (Å²) in [5, 5.41) is 1.03. The number of amides is 1. The van der Waals surface area contributed by atoms with E-state index in [-0.39, 0.29) is 23.7 Å². The van der Waals surface area contributed by atoms with Crippen molar-refractivity contribution in [3.05, 3.63) is 35.1 Å². The molecule has 2 aromatic rings. The van der Waals surface area contributed by atoms with Gasteiger partial charge < -0.3 is 15.1 Å². The second kappa shape index (κ2) is 5.94. The zero-order chi connectivity index (χ0) is 15.2. The van der Waals surface area contributed by atoms with Gasteiger partial charge in [0.2, 0.25) is 0 Å². The number of hydrogen-bond acceptors (Lipinski definition) is 3. The van der Waals surface area contributed by atoms with Crippen LogP contribution in [0, 0.1) is 19.3 Å². The SMILES string of the molecule is Cc1c(C(=O)N2CCC(C)(CN)C2)oc2c(C)cccc12.Cl. The quantitative estimate of drug-likeness (QED) is 0.923. The Bertz CT molecular complexity index is 710. The fourth-order valence-corrected chi connectivity index (χ4v) is 3.10. The largest absolute Gasteiger partial charge is 0.450 e. The van der Waals surface area contributed by atoms with Crippen molar-refractivity contribution in [1.82, 2.24) is 4.90 Å². The minimum absolute atomic E-state index is 0. The van der Waals surface area contributed by atoms with Crippen LogP contribution in [0.2, 0.25) is 0 Å². The highest BCUT2D eigenvalue weighted by atomic mass is 35.5. The van der Waals surface area contributed by atoms with Crippen molar-refractivity contribution in [3.8, 4) is 0 Å². The van der Waals surface area contributed by atoms with Crippen molar-refractivity contribution in [2.45, 2.75) is 27.2 Å². The molecule has 0 radical (unpaired) electrons. The normalized spacial score (nSPS) is 21.2. The van der Waals surface area contributed by atoms with Gasteiger partial charge in [0, 0.05) is 24.0 Å². The van der Waals surface area contributed by atoms with Gasteiger partial charge in [0.15, 0.2) is 5.76 Å². The maximum atomic E-state index is 12.7. The lowest BCUT2D eigenvalue weighted by atomic mass is 9.90. The van der Waals surface area contributed by atoms with Crippen LogP contribution in [0.5, 0.6) is 0 Å². The van der Waals surface area contributed by atoms with E-state index in [0.717, 1.165) is 35.1 Å². The van der Waals surface area contributed by atoms with Crippen LogP contribution >= 0.6 is 12.4 Å². The molecule has 1 fully saturated rings. The molecule has 1 aliphatic rings. The third kappa shape index (κ3) is 2.61. The van der Waals surface area contributed by atoms with E-state index in [4.69, 9.17) is 10.2 Å². The standard InChI is InChI=1S/C17H22N2O2.ClH/c1-11-5-4-6-13-12(2)15(21-14(11)13)16(20)19-8-7-17(3,9-18)10-19;/h4-6H,7-10,18H2,1-3H3;1H. The summed E-state index contributed by atoms with van der Waals surface area (Å²) in [7, 11) is 0. The highest BCUT2D eigenvalue weighted by Gasteiger charge is 2.36. The number of hydrogen-bond donors (Lipinski definition) is 1. The Morgan fingerprint density at radius 1 is 1.41 bits per heavy atom. The molecule has 1 atom stereocenters. The second-order valence-electron chi connectivity index (χ2n) is 6.50.